The molecule has 0 saturated heterocycles. The first-order valence-corrected chi connectivity index (χ1v) is 8.13. The maximum absolute atomic E-state index is 6.18. The molecule has 0 aliphatic rings. The largest absolute Gasteiger partial charge is 0.362 e. The molecule has 0 atom stereocenters. The fourth-order valence-electron chi connectivity index (χ4n) is 2.21. The first-order valence-electron chi connectivity index (χ1n) is 7.35. The Balaban J connectivity index is 1.83. The average molecular weight is 337 g/mol. The summed E-state index contributed by atoms with van der Waals surface area (Å²) in [6, 6.07) is 10.4. The third-order valence-electron chi connectivity index (χ3n) is 3.46. The van der Waals surface area contributed by atoms with E-state index >= 15 is 0 Å². The monoisotopic (exact) mass is 336 g/mol. The quantitative estimate of drug-likeness (QED) is 0.822. The summed E-state index contributed by atoms with van der Waals surface area (Å²) in [4.78, 5) is 1.98. The van der Waals surface area contributed by atoms with E-state index in [9.17, 15) is 0 Å². The zero-order valence-corrected chi connectivity index (χ0v) is 14.5. The van der Waals surface area contributed by atoms with E-state index in [0.717, 1.165) is 30.3 Å². The number of nitrogens with zero attached hydrogens (tertiary/aromatic N) is 3. The molecule has 4 nitrogen and oxygen atoms in total. The lowest BCUT2D eigenvalue weighted by Crippen LogP contribution is -2.38. The van der Waals surface area contributed by atoms with Crippen LogP contribution >= 0.6 is 23.8 Å². The summed E-state index contributed by atoms with van der Waals surface area (Å²) in [5.41, 5.74) is 2.28. The third kappa shape index (κ3) is 4.45. The lowest BCUT2D eigenvalue weighted by atomic mass is 10.1. The smallest absolute Gasteiger partial charge is 0.169 e. The molecular weight excluding hydrogens is 316 g/mol. The van der Waals surface area contributed by atoms with Crippen molar-refractivity contribution in [2.75, 3.05) is 13.6 Å². The van der Waals surface area contributed by atoms with Crippen LogP contribution in [0.1, 0.15) is 18.2 Å². The van der Waals surface area contributed by atoms with Gasteiger partial charge in [0.1, 0.15) is 0 Å². The Morgan fingerprint density at radius 1 is 1.36 bits per heavy atom. The SMILES string of the molecule is CCn1ncc(Cl)c1CN(C)C(=S)NCCc1ccccc1. The number of benzene rings is 1. The Hall–Kier alpha value is -1.59. The highest BCUT2D eigenvalue weighted by molar-refractivity contribution is 7.80. The number of rotatable bonds is 6. The molecule has 0 bridgehead atoms. The van der Waals surface area contributed by atoms with Gasteiger partial charge in [-0.2, -0.15) is 5.10 Å². The number of halogens is 1. The molecule has 6 heteroatoms. The van der Waals surface area contributed by atoms with Gasteiger partial charge in [-0.1, -0.05) is 41.9 Å². The van der Waals surface area contributed by atoms with Crippen LogP contribution in [0, 0.1) is 0 Å². The third-order valence-corrected chi connectivity index (χ3v) is 4.24. The molecule has 0 saturated carbocycles. The maximum Gasteiger partial charge on any atom is 0.169 e. The van der Waals surface area contributed by atoms with Crippen molar-refractivity contribution < 1.29 is 0 Å². The predicted molar refractivity (Wildman–Crippen MR) is 95.1 cm³/mol. The first kappa shape index (κ1) is 16.8. The van der Waals surface area contributed by atoms with Gasteiger partial charge in [0.05, 0.1) is 23.5 Å². The van der Waals surface area contributed by atoms with Crippen molar-refractivity contribution in [3.05, 3.63) is 52.8 Å². The van der Waals surface area contributed by atoms with Gasteiger partial charge in [0, 0.05) is 20.1 Å². The van der Waals surface area contributed by atoms with Crippen molar-refractivity contribution in [3.8, 4) is 0 Å². The molecule has 0 spiro atoms. The molecule has 22 heavy (non-hydrogen) atoms. The molecule has 0 fully saturated rings. The second-order valence-corrected chi connectivity index (χ2v) is 5.87. The summed E-state index contributed by atoms with van der Waals surface area (Å²) in [6.45, 7) is 4.30. The van der Waals surface area contributed by atoms with Crippen molar-refractivity contribution in [1.82, 2.24) is 20.0 Å². The molecule has 2 rings (SSSR count). The Morgan fingerprint density at radius 3 is 2.77 bits per heavy atom. The molecule has 0 radical (unpaired) electrons. The molecule has 2 aromatic rings. The summed E-state index contributed by atoms with van der Waals surface area (Å²) in [7, 11) is 1.96. The van der Waals surface area contributed by atoms with E-state index in [1.54, 1.807) is 6.20 Å². The number of hydrogen-bond acceptors (Lipinski definition) is 2. The van der Waals surface area contributed by atoms with Crippen molar-refractivity contribution in [3.63, 3.8) is 0 Å². The van der Waals surface area contributed by atoms with Gasteiger partial charge in [-0.15, -0.1) is 0 Å². The van der Waals surface area contributed by atoms with Crippen molar-refractivity contribution in [2.45, 2.75) is 26.4 Å². The van der Waals surface area contributed by atoms with Crippen LogP contribution in [0.5, 0.6) is 0 Å². The molecule has 1 aromatic heterocycles. The standard InChI is InChI=1S/C16H21ClN4S/c1-3-21-15(14(17)11-19-21)12-20(2)16(22)18-10-9-13-7-5-4-6-8-13/h4-8,11H,3,9-10,12H2,1-2H3,(H,18,22). The Bertz CT molecular complexity index is 612. The van der Waals surface area contributed by atoms with Gasteiger partial charge >= 0.3 is 0 Å². The molecule has 0 unspecified atom stereocenters. The summed E-state index contributed by atoms with van der Waals surface area (Å²) in [5, 5.41) is 8.93. The Labute approximate surface area is 142 Å². The van der Waals surface area contributed by atoms with Gasteiger partial charge in [-0.3, -0.25) is 4.68 Å². The minimum atomic E-state index is 0.643. The van der Waals surface area contributed by atoms with Gasteiger partial charge in [0.2, 0.25) is 0 Å². The summed E-state index contributed by atoms with van der Waals surface area (Å²) in [5.74, 6) is 0. The summed E-state index contributed by atoms with van der Waals surface area (Å²) >= 11 is 11.6. The van der Waals surface area contributed by atoms with E-state index in [0.29, 0.717) is 11.6 Å². The van der Waals surface area contributed by atoms with E-state index in [-0.39, 0.29) is 0 Å². The lowest BCUT2D eigenvalue weighted by Gasteiger charge is -2.21. The highest BCUT2D eigenvalue weighted by Gasteiger charge is 2.12. The highest BCUT2D eigenvalue weighted by Crippen LogP contribution is 2.16. The Morgan fingerprint density at radius 2 is 2.09 bits per heavy atom. The lowest BCUT2D eigenvalue weighted by molar-refractivity contribution is 0.458. The number of aromatic nitrogens is 2. The number of aryl methyl sites for hydroxylation is 1. The Kier molecular flexibility index (Phi) is 6.21. The molecule has 1 N–H and O–H groups in total. The van der Waals surface area contributed by atoms with Crippen LogP contribution in [0.25, 0.3) is 0 Å². The van der Waals surface area contributed by atoms with Gasteiger partial charge in [-0.05, 0) is 31.1 Å². The van der Waals surface area contributed by atoms with E-state index in [1.807, 2.05) is 41.8 Å². The molecular formula is C16H21ClN4S. The van der Waals surface area contributed by atoms with Crippen LogP contribution in [-0.4, -0.2) is 33.4 Å². The van der Waals surface area contributed by atoms with E-state index in [1.165, 1.54) is 5.56 Å². The van der Waals surface area contributed by atoms with Crippen LogP contribution in [0.4, 0.5) is 0 Å². The van der Waals surface area contributed by atoms with E-state index in [4.69, 9.17) is 23.8 Å². The van der Waals surface area contributed by atoms with Gasteiger partial charge in [-0.25, -0.2) is 0 Å². The normalized spacial score (nSPS) is 10.5. The van der Waals surface area contributed by atoms with E-state index < -0.39 is 0 Å². The van der Waals surface area contributed by atoms with Crippen LogP contribution in [0.15, 0.2) is 36.5 Å². The van der Waals surface area contributed by atoms with Crippen molar-refractivity contribution in [1.29, 1.82) is 0 Å². The van der Waals surface area contributed by atoms with Crippen LogP contribution in [-0.2, 0) is 19.5 Å². The molecule has 0 aliphatic carbocycles. The number of hydrogen-bond donors (Lipinski definition) is 1. The number of nitrogens with one attached hydrogen (secondary N) is 1. The molecule has 1 heterocycles. The van der Waals surface area contributed by atoms with E-state index in [2.05, 4.69) is 22.5 Å². The fourth-order valence-corrected chi connectivity index (χ4v) is 2.57. The highest BCUT2D eigenvalue weighted by atomic mass is 35.5. The zero-order valence-electron chi connectivity index (χ0n) is 12.9. The second kappa shape index (κ2) is 8.15. The van der Waals surface area contributed by atoms with Crippen LogP contribution in [0.2, 0.25) is 5.02 Å². The topological polar surface area (TPSA) is 33.1 Å². The van der Waals surface area contributed by atoms with Crippen molar-refractivity contribution >= 4 is 28.9 Å². The van der Waals surface area contributed by atoms with Gasteiger partial charge in [0.25, 0.3) is 0 Å². The predicted octanol–water partition coefficient (Wildman–Crippen LogP) is 3.11. The minimum Gasteiger partial charge on any atom is -0.362 e. The summed E-state index contributed by atoms with van der Waals surface area (Å²) in [6.07, 6.45) is 2.63. The molecule has 1 aromatic carbocycles. The second-order valence-electron chi connectivity index (χ2n) is 5.08. The fraction of sp³-hybridized carbons (Fsp3) is 0.375. The summed E-state index contributed by atoms with van der Waals surface area (Å²) < 4.78 is 1.89. The van der Waals surface area contributed by atoms with Gasteiger partial charge < -0.3 is 10.2 Å². The molecule has 0 aliphatic heterocycles. The molecule has 0 amide bonds. The van der Waals surface area contributed by atoms with Crippen LogP contribution in [0.3, 0.4) is 0 Å². The average Bonchev–Trinajstić information content (AvgIpc) is 2.88. The zero-order chi connectivity index (χ0) is 15.9. The van der Waals surface area contributed by atoms with Crippen LogP contribution < -0.4 is 5.32 Å². The maximum atomic E-state index is 6.18. The molecule has 118 valence electrons. The van der Waals surface area contributed by atoms with Gasteiger partial charge in [0.15, 0.2) is 5.11 Å². The minimum absolute atomic E-state index is 0.643. The van der Waals surface area contributed by atoms with Crippen molar-refractivity contribution in [2.24, 2.45) is 0 Å². The first-order chi connectivity index (χ1) is 10.6. The number of thiocarbonyl (C=S) groups is 1.